The summed E-state index contributed by atoms with van der Waals surface area (Å²) in [5.41, 5.74) is 2.92. The maximum Gasteiger partial charge on any atom is 0.259 e. The summed E-state index contributed by atoms with van der Waals surface area (Å²) in [6, 6.07) is 22.1. The van der Waals surface area contributed by atoms with E-state index >= 15 is 0 Å². The van der Waals surface area contributed by atoms with E-state index in [0.717, 1.165) is 24.5 Å². The van der Waals surface area contributed by atoms with Crippen molar-refractivity contribution < 1.29 is 19.1 Å². The van der Waals surface area contributed by atoms with Crippen molar-refractivity contribution in [3.05, 3.63) is 83.9 Å². The topological polar surface area (TPSA) is 71.1 Å². The molecule has 1 N–H and O–H groups in total. The van der Waals surface area contributed by atoms with Crippen LogP contribution in [0.3, 0.4) is 0 Å². The summed E-state index contributed by atoms with van der Waals surface area (Å²) in [6.07, 6.45) is 0. The molecule has 3 aromatic carbocycles. The number of nitrogens with zero attached hydrogens (tertiary/aromatic N) is 2. The van der Waals surface area contributed by atoms with E-state index in [1.807, 2.05) is 35.2 Å². The predicted octanol–water partition coefficient (Wildman–Crippen LogP) is 3.92. The number of nitrogens with one attached hydrogen (secondary N) is 1. The lowest BCUT2D eigenvalue weighted by Gasteiger charge is -2.36. The quantitative estimate of drug-likeness (QED) is 0.623. The van der Waals surface area contributed by atoms with Gasteiger partial charge in [-0.15, -0.1) is 0 Å². The fourth-order valence-electron chi connectivity index (χ4n) is 3.87. The molecule has 0 aliphatic carbocycles. The van der Waals surface area contributed by atoms with Crippen LogP contribution in [0.15, 0.2) is 72.8 Å². The van der Waals surface area contributed by atoms with E-state index in [1.165, 1.54) is 0 Å². The van der Waals surface area contributed by atoms with Gasteiger partial charge in [-0.25, -0.2) is 0 Å². The van der Waals surface area contributed by atoms with Crippen molar-refractivity contribution in [1.82, 2.24) is 4.90 Å². The van der Waals surface area contributed by atoms with E-state index in [4.69, 9.17) is 9.47 Å². The molecule has 2 amide bonds. The largest absolute Gasteiger partial charge is 0.497 e. The zero-order chi connectivity index (χ0) is 23.2. The van der Waals surface area contributed by atoms with Gasteiger partial charge in [-0.05, 0) is 60.7 Å². The number of hydrogen-bond acceptors (Lipinski definition) is 5. The van der Waals surface area contributed by atoms with Crippen LogP contribution in [0.1, 0.15) is 20.7 Å². The lowest BCUT2D eigenvalue weighted by molar-refractivity contribution is 0.0746. The van der Waals surface area contributed by atoms with Crippen LogP contribution in [-0.2, 0) is 0 Å². The molecule has 1 fully saturated rings. The molecule has 0 unspecified atom stereocenters. The molecule has 7 nitrogen and oxygen atoms in total. The van der Waals surface area contributed by atoms with Crippen molar-refractivity contribution in [3.63, 3.8) is 0 Å². The molecule has 1 aliphatic heterocycles. The summed E-state index contributed by atoms with van der Waals surface area (Å²) in [5.74, 6) is 1.09. The van der Waals surface area contributed by atoms with Crippen molar-refractivity contribution in [2.24, 2.45) is 0 Å². The summed E-state index contributed by atoms with van der Waals surface area (Å²) >= 11 is 0. The number of rotatable bonds is 6. The zero-order valence-corrected chi connectivity index (χ0v) is 18.8. The summed E-state index contributed by atoms with van der Waals surface area (Å²) < 4.78 is 10.4. The van der Waals surface area contributed by atoms with Gasteiger partial charge in [-0.2, -0.15) is 0 Å². The summed E-state index contributed by atoms with van der Waals surface area (Å²) in [4.78, 5) is 29.5. The number of carbonyl (C=O) groups is 2. The minimum atomic E-state index is -0.217. The Kier molecular flexibility index (Phi) is 6.78. The van der Waals surface area contributed by atoms with E-state index in [2.05, 4.69) is 10.2 Å². The van der Waals surface area contributed by atoms with Crippen LogP contribution >= 0.6 is 0 Å². The minimum Gasteiger partial charge on any atom is -0.497 e. The highest BCUT2D eigenvalue weighted by Crippen LogP contribution is 2.23. The molecule has 0 aromatic heterocycles. The molecule has 1 aliphatic rings. The van der Waals surface area contributed by atoms with Crippen LogP contribution in [-0.4, -0.2) is 57.1 Å². The first-order chi connectivity index (χ1) is 16.1. The van der Waals surface area contributed by atoms with Gasteiger partial charge < -0.3 is 24.6 Å². The van der Waals surface area contributed by atoms with Crippen LogP contribution in [0.2, 0.25) is 0 Å². The Bertz CT molecular complexity index is 1110. The SMILES string of the molecule is COc1ccc(C(=O)N2CCN(c3ccc(NC(=O)c4ccccc4OC)cc3)CC2)cc1. The fourth-order valence-corrected chi connectivity index (χ4v) is 3.87. The molecule has 1 saturated heterocycles. The third kappa shape index (κ3) is 5.09. The lowest BCUT2D eigenvalue weighted by Crippen LogP contribution is -2.48. The summed E-state index contributed by atoms with van der Waals surface area (Å²) in [7, 11) is 3.15. The van der Waals surface area contributed by atoms with Gasteiger partial charge in [0.25, 0.3) is 11.8 Å². The number of para-hydroxylation sites is 1. The lowest BCUT2D eigenvalue weighted by atomic mass is 10.1. The van der Waals surface area contributed by atoms with Gasteiger partial charge in [0, 0.05) is 43.1 Å². The monoisotopic (exact) mass is 445 g/mol. The first kappa shape index (κ1) is 22.2. The molecule has 33 heavy (non-hydrogen) atoms. The number of methoxy groups -OCH3 is 2. The van der Waals surface area contributed by atoms with E-state index in [1.54, 1.807) is 56.7 Å². The van der Waals surface area contributed by atoms with Crippen molar-refractivity contribution in [2.45, 2.75) is 0 Å². The average molecular weight is 446 g/mol. The van der Waals surface area contributed by atoms with Crippen LogP contribution in [0.4, 0.5) is 11.4 Å². The van der Waals surface area contributed by atoms with Crippen LogP contribution in [0.25, 0.3) is 0 Å². The van der Waals surface area contributed by atoms with E-state index in [0.29, 0.717) is 35.7 Å². The number of benzene rings is 3. The van der Waals surface area contributed by atoms with Gasteiger partial charge in [-0.1, -0.05) is 12.1 Å². The molecular formula is C26H27N3O4. The minimum absolute atomic E-state index is 0.0340. The van der Waals surface area contributed by atoms with Crippen molar-refractivity contribution in [1.29, 1.82) is 0 Å². The van der Waals surface area contributed by atoms with Crippen LogP contribution in [0, 0.1) is 0 Å². The predicted molar refractivity (Wildman–Crippen MR) is 128 cm³/mol. The van der Waals surface area contributed by atoms with Crippen molar-refractivity contribution >= 4 is 23.2 Å². The normalized spacial score (nSPS) is 13.4. The number of ether oxygens (including phenoxy) is 2. The Morgan fingerprint density at radius 1 is 0.788 bits per heavy atom. The van der Waals surface area contributed by atoms with Gasteiger partial charge in [-0.3, -0.25) is 9.59 Å². The fraction of sp³-hybridized carbons (Fsp3) is 0.231. The number of carbonyl (C=O) groups excluding carboxylic acids is 2. The highest BCUT2D eigenvalue weighted by molar-refractivity contribution is 6.06. The third-order valence-corrected chi connectivity index (χ3v) is 5.75. The highest BCUT2D eigenvalue weighted by Gasteiger charge is 2.22. The molecule has 170 valence electrons. The molecule has 3 aromatic rings. The Morgan fingerprint density at radius 3 is 2.09 bits per heavy atom. The van der Waals surface area contributed by atoms with E-state index in [-0.39, 0.29) is 11.8 Å². The second-order valence-electron chi connectivity index (χ2n) is 7.71. The van der Waals surface area contributed by atoms with Gasteiger partial charge in [0.15, 0.2) is 0 Å². The molecule has 0 saturated carbocycles. The first-order valence-corrected chi connectivity index (χ1v) is 10.8. The molecule has 0 bridgehead atoms. The third-order valence-electron chi connectivity index (χ3n) is 5.75. The molecule has 0 radical (unpaired) electrons. The van der Waals surface area contributed by atoms with Gasteiger partial charge in [0.1, 0.15) is 11.5 Å². The molecule has 0 spiro atoms. The Hall–Kier alpha value is -4.00. The number of anilines is 2. The first-order valence-electron chi connectivity index (χ1n) is 10.8. The van der Waals surface area contributed by atoms with Gasteiger partial charge in [0.05, 0.1) is 19.8 Å². The zero-order valence-electron chi connectivity index (χ0n) is 18.8. The van der Waals surface area contributed by atoms with Crippen molar-refractivity contribution in [2.75, 3.05) is 50.6 Å². The average Bonchev–Trinajstić information content (AvgIpc) is 2.89. The molecule has 7 heteroatoms. The number of hydrogen-bond donors (Lipinski definition) is 1. The van der Waals surface area contributed by atoms with Crippen LogP contribution in [0.5, 0.6) is 11.5 Å². The highest BCUT2D eigenvalue weighted by atomic mass is 16.5. The van der Waals surface area contributed by atoms with Crippen LogP contribution < -0.4 is 19.7 Å². The summed E-state index contributed by atoms with van der Waals surface area (Å²) in [5, 5.41) is 2.91. The second kappa shape index (κ2) is 10.1. The Morgan fingerprint density at radius 2 is 1.45 bits per heavy atom. The number of piperazine rings is 1. The molecule has 1 heterocycles. The maximum absolute atomic E-state index is 12.8. The van der Waals surface area contributed by atoms with E-state index < -0.39 is 0 Å². The van der Waals surface area contributed by atoms with E-state index in [9.17, 15) is 9.59 Å². The van der Waals surface area contributed by atoms with Crippen molar-refractivity contribution in [3.8, 4) is 11.5 Å². The standard InChI is InChI=1S/C26H27N3O4/c1-32-22-13-7-19(8-14-22)26(31)29-17-15-28(16-18-29)21-11-9-20(10-12-21)27-25(30)23-5-3-4-6-24(23)33-2/h3-14H,15-18H2,1-2H3,(H,27,30). The van der Waals surface area contributed by atoms with Gasteiger partial charge in [0.2, 0.25) is 0 Å². The number of amides is 2. The maximum atomic E-state index is 12.8. The summed E-state index contributed by atoms with van der Waals surface area (Å²) in [6.45, 7) is 2.79. The molecular weight excluding hydrogens is 418 g/mol. The smallest absolute Gasteiger partial charge is 0.259 e. The second-order valence-corrected chi connectivity index (χ2v) is 7.71. The molecule has 0 atom stereocenters. The molecule has 4 rings (SSSR count). The Labute approximate surface area is 193 Å². The Balaban J connectivity index is 1.33. The van der Waals surface area contributed by atoms with Gasteiger partial charge >= 0.3 is 0 Å².